The number of anilines is 1. The lowest BCUT2D eigenvalue weighted by Gasteiger charge is -2.38. The molecule has 33 heavy (non-hydrogen) atoms. The van der Waals surface area contributed by atoms with Gasteiger partial charge in [0.05, 0.1) is 24.2 Å². The topological polar surface area (TPSA) is 105 Å². The summed E-state index contributed by atoms with van der Waals surface area (Å²) in [4.78, 5) is 14.6. The van der Waals surface area contributed by atoms with E-state index in [2.05, 4.69) is 24.8 Å². The van der Waals surface area contributed by atoms with E-state index in [1.807, 2.05) is 4.90 Å². The van der Waals surface area contributed by atoms with Crippen molar-refractivity contribution in [3.05, 3.63) is 47.8 Å². The number of rotatable bonds is 6. The summed E-state index contributed by atoms with van der Waals surface area (Å²) in [5, 5.41) is 3.96. The number of sulfonamides is 1. The fourth-order valence-corrected chi connectivity index (χ4v) is 4.21. The Kier molecular flexibility index (Phi) is 6.10. The number of aromatic nitrogens is 5. The third-order valence-electron chi connectivity index (χ3n) is 5.52. The molecule has 1 aliphatic rings. The quantitative estimate of drug-likeness (QED) is 0.577. The third-order valence-corrected chi connectivity index (χ3v) is 6.19. The van der Waals surface area contributed by atoms with Crippen molar-refractivity contribution >= 4 is 21.5 Å². The fraction of sp³-hybridized carbons (Fsp3) is 0.400. The second kappa shape index (κ2) is 8.71. The van der Waals surface area contributed by atoms with E-state index in [-0.39, 0.29) is 12.4 Å². The molecule has 2 atom stereocenters. The molecule has 1 aliphatic heterocycles. The van der Waals surface area contributed by atoms with Gasteiger partial charge in [-0.3, -0.25) is 0 Å². The molecular weight excluding hydrogens is 459 g/mol. The Hall–Kier alpha value is -3.06. The van der Waals surface area contributed by atoms with Gasteiger partial charge in [-0.05, 0) is 24.6 Å². The highest BCUT2D eigenvalue weighted by Crippen LogP contribution is 2.33. The Morgan fingerprint density at radius 1 is 1.21 bits per heavy atom. The summed E-state index contributed by atoms with van der Waals surface area (Å²) in [6.07, 6.45) is 1.08. The summed E-state index contributed by atoms with van der Waals surface area (Å²) >= 11 is 0. The van der Waals surface area contributed by atoms with Crippen LogP contribution in [0.3, 0.4) is 0 Å². The SMILES string of the molecule is CC1CN(c2cc(-c3cnc4ccc(C(F)F)nn34)ncn2)C(C)C(CNS(C)(=O)=O)=C1F. The first kappa shape index (κ1) is 23.1. The second-order valence-electron chi connectivity index (χ2n) is 7.93. The van der Waals surface area contributed by atoms with E-state index >= 15 is 0 Å². The number of hydrogen-bond acceptors (Lipinski definition) is 7. The van der Waals surface area contributed by atoms with Crippen LogP contribution in [-0.4, -0.2) is 58.4 Å². The first-order chi connectivity index (χ1) is 15.5. The average molecular weight is 482 g/mol. The maximum atomic E-state index is 14.8. The van der Waals surface area contributed by atoms with Crippen LogP contribution in [0, 0.1) is 5.92 Å². The minimum Gasteiger partial charge on any atom is -0.349 e. The van der Waals surface area contributed by atoms with Gasteiger partial charge in [0, 0.05) is 25.1 Å². The van der Waals surface area contributed by atoms with Crippen molar-refractivity contribution in [2.75, 3.05) is 24.2 Å². The van der Waals surface area contributed by atoms with Crippen LogP contribution in [0.5, 0.6) is 0 Å². The second-order valence-corrected chi connectivity index (χ2v) is 9.76. The van der Waals surface area contributed by atoms with Crippen molar-refractivity contribution in [1.82, 2.24) is 29.3 Å². The van der Waals surface area contributed by atoms with E-state index in [0.29, 0.717) is 35.0 Å². The molecule has 0 aromatic carbocycles. The smallest absolute Gasteiger partial charge is 0.282 e. The van der Waals surface area contributed by atoms with Gasteiger partial charge in [-0.1, -0.05) is 6.92 Å². The summed E-state index contributed by atoms with van der Waals surface area (Å²) in [5.74, 6) is -0.361. The molecule has 0 fully saturated rings. The standard InChI is InChI=1S/C20H22F3N7O2S/c1-11-9-29(12(2)13(19(11)21)7-27-33(3,31)32)18-6-15(25-10-26-18)16-8-24-17-5-4-14(20(22)23)28-30(16)17/h4-6,8,10-12,20,27H,7,9H2,1-3H3. The predicted molar refractivity (Wildman–Crippen MR) is 116 cm³/mol. The molecule has 0 radical (unpaired) electrons. The van der Waals surface area contributed by atoms with Crippen molar-refractivity contribution in [1.29, 1.82) is 0 Å². The van der Waals surface area contributed by atoms with Gasteiger partial charge in [-0.25, -0.2) is 45.8 Å². The molecule has 1 N–H and O–H groups in total. The molecule has 9 nitrogen and oxygen atoms in total. The van der Waals surface area contributed by atoms with Gasteiger partial charge in [0.25, 0.3) is 6.43 Å². The number of halogens is 3. The lowest BCUT2D eigenvalue weighted by molar-refractivity contribution is 0.144. The van der Waals surface area contributed by atoms with E-state index in [1.165, 1.54) is 29.2 Å². The molecule has 13 heteroatoms. The van der Waals surface area contributed by atoms with Gasteiger partial charge in [0.1, 0.15) is 29.4 Å². The van der Waals surface area contributed by atoms with Crippen LogP contribution in [0.15, 0.2) is 42.1 Å². The van der Waals surface area contributed by atoms with Gasteiger partial charge >= 0.3 is 0 Å². The summed E-state index contributed by atoms with van der Waals surface area (Å²) in [7, 11) is -3.50. The van der Waals surface area contributed by atoms with Crippen molar-refractivity contribution in [2.45, 2.75) is 26.3 Å². The summed E-state index contributed by atoms with van der Waals surface area (Å²) in [6, 6.07) is 3.83. The molecule has 176 valence electrons. The molecule has 0 spiro atoms. The van der Waals surface area contributed by atoms with E-state index in [0.717, 1.165) is 6.26 Å². The van der Waals surface area contributed by atoms with Crippen molar-refractivity contribution in [3.8, 4) is 11.4 Å². The minimum atomic E-state index is -3.50. The van der Waals surface area contributed by atoms with Crippen molar-refractivity contribution in [3.63, 3.8) is 0 Å². The van der Waals surface area contributed by atoms with Crippen molar-refractivity contribution in [2.24, 2.45) is 5.92 Å². The Labute approximate surface area is 188 Å². The van der Waals surface area contributed by atoms with Gasteiger partial charge in [-0.2, -0.15) is 5.10 Å². The van der Waals surface area contributed by atoms with Crippen molar-refractivity contribution < 1.29 is 21.6 Å². The molecule has 3 aromatic rings. The number of nitrogens with one attached hydrogen (secondary N) is 1. The maximum Gasteiger partial charge on any atom is 0.282 e. The first-order valence-corrected chi connectivity index (χ1v) is 12.0. The predicted octanol–water partition coefficient (Wildman–Crippen LogP) is 2.74. The molecule has 0 saturated carbocycles. The highest BCUT2D eigenvalue weighted by atomic mass is 32.2. The number of fused-ring (bicyclic) bond motifs is 1. The lowest BCUT2D eigenvalue weighted by Crippen LogP contribution is -2.45. The third kappa shape index (κ3) is 4.69. The molecule has 2 unspecified atom stereocenters. The van der Waals surface area contributed by atoms with Crippen LogP contribution in [-0.2, 0) is 10.0 Å². The Morgan fingerprint density at radius 2 is 1.97 bits per heavy atom. The largest absolute Gasteiger partial charge is 0.349 e. The zero-order valence-electron chi connectivity index (χ0n) is 18.1. The first-order valence-electron chi connectivity index (χ1n) is 10.1. The Bertz CT molecular complexity index is 1330. The van der Waals surface area contributed by atoms with E-state index in [9.17, 15) is 21.6 Å². The zero-order chi connectivity index (χ0) is 23.9. The van der Waals surface area contributed by atoms with Gasteiger partial charge < -0.3 is 4.90 Å². The molecule has 3 aromatic heterocycles. The Balaban J connectivity index is 1.70. The van der Waals surface area contributed by atoms with Gasteiger partial charge in [-0.15, -0.1) is 0 Å². The molecule has 4 rings (SSSR count). The van der Waals surface area contributed by atoms with E-state index in [1.54, 1.807) is 19.9 Å². The minimum absolute atomic E-state index is 0.155. The highest BCUT2D eigenvalue weighted by Gasteiger charge is 2.32. The van der Waals surface area contributed by atoms with Crippen LogP contribution in [0.1, 0.15) is 26.0 Å². The molecule has 4 heterocycles. The van der Waals surface area contributed by atoms with E-state index < -0.39 is 34.1 Å². The Morgan fingerprint density at radius 3 is 2.67 bits per heavy atom. The summed E-state index contributed by atoms with van der Waals surface area (Å²) < 4.78 is 67.8. The molecule has 0 amide bonds. The van der Waals surface area contributed by atoms with E-state index in [4.69, 9.17) is 0 Å². The lowest BCUT2D eigenvalue weighted by atomic mass is 9.93. The maximum absolute atomic E-state index is 14.8. The molecule has 0 bridgehead atoms. The van der Waals surface area contributed by atoms with Crippen LogP contribution in [0.25, 0.3) is 17.0 Å². The summed E-state index contributed by atoms with van der Waals surface area (Å²) in [5.41, 5.74) is 1.11. The van der Waals surface area contributed by atoms with Crippen LogP contribution in [0.2, 0.25) is 0 Å². The number of imidazole rings is 1. The van der Waals surface area contributed by atoms with Crippen LogP contribution < -0.4 is 9.62 Å². The molecule has 0 saturated heterocycles. The average Bonchev–Trinajstić information content (AvgIpc) is 3.19. The normalized spacial score (nSPS) is 19.7. The summed E-state index contributed by atoms with van der Waals surface area (Å²) in [6.45, 7) is 3.62. The number of nitrogens with zero attached hydrogens (tertiary/aromatic N) is 6. The molecular formula is C20H22F3N7O2S. The van der Waals surface area contributed by atoms with Gasteiger partial charge in [0.2, 0.25) is 10.0 Å². The van der Waals surface area contributed by atoms with Crippen LogP contribution in [0.4, 0.5) is 19.0 Å². The monoisotopic (exact) mass is 481 g/mol. The zero-order valence-corrected chi connectivity index (χ0v) is 18.9. The highest BCUT2D eigenvalue weighted by molar-refractivity contribution is 7.88. The van der Waals surface area contributed by atoms with Crippen LogP contribution >= 0.6 is 0 Å². The number of hydrogen-bond donors (Lipinski definition) is 1. The fourth-order valence-electron chi connectivity index (χ4n) is 3.79. The number of alkyl halides is 2. The van der Waals surface area contributed by atoms with Gasteiger partial charge in [0.15, 0.2) is 5.65 Å². The molecule has 0 aliphatic carbocycles.